The van der Waals surface area contributed by atoms with Gasteiger partial charge in [0.05, 0.1) is 31.0 Å². The number of carbonyl (C=O) groups is 1. The summed E-state index contributed by atoms with van der Waals surface area (Å²) in [7, 11) is 3.18. The molecule has 168 valence electrons. The lowest BCUT2D eigenvalue weighted by Gasteiger charge is -2.28. The molecule has 3 aromatic rings. The van der Waals surface area contributed by atoms with Gasteiger partial charge in [0.25, 0.3) is 5.91 Å². The van der Waals surface area contributed by atoms with Gasteiger partial charge in [0.2, 0.25) is 0 Å². The summed E-state index contributed by atoms with van der Waals surface area (Å²) in [6.45, 7) is 3.44. The number of benzene rings is 2. The van der Waals surface area contributed by atoms with E-state index < -0.39 is 0 Å². The molecule has 1 aliphatic rings. The Balaban J connectivity index is 1.75. The van der Waals surface area contributed by atoms with Gasteiger partial charge in [-0.05, 0) is 62.1 Å². The number of fused-ring (bicyclic) bond motifs is 1. The minimum absolute atomic E-state index is 0.0784. The van der Waals surface area contributed by atoms with Crippen LogP contribution in [0.2, 0.25) is 0 Å². The summed E-state index contributed by atoms with van der Waals surface area (Å²) in [4.78, 5) is 19.7. The number of aromatic nitrogens is 1. The Morgan fingerprint density at radius 3 is 2.53 bits per heavy atom. The third-order valence-electron chi connectivity index (χ3n) is 5.97. The molecule has 0 radical (unpaired) electrons. The van der Waals surface area contributed by atoms with Gasteiger partial charge in [0.15, 0.2) is 11.5 Å². The maximum absolute atomic E-state index is 14.2. The Kier molecular flexibility index (Phi) is 6.44. The van der Waals surface area contributed by atoms with Crippen molar-refractivity contribution in [2.75, 3.05) is 32.6 Å². The van der Waals surface area contributed by atoms with Gasteiger partial charge in [-0.15, -0.1) is 0 Å². The first-order valence-electron chi connectivity index (χ1n) is 10.9. The molecule has 0 saturated carbocycles. The smallest absolute Gasteiger partial charge is 0.257 e. The number of carbonyl (C=O) groups excluding carboxylic acids is 1. The number of halogens is 1. The zero-order valence-corrected chi connectivity index (χ0v) is 18.7. The second-order valence-electron chi connectivity index (χ2n) is 8.04. The number of rotatable bonds is 6. The Morgan fingerprint density at radius 1 is 1.06 bits per heavy atom. The average Bonchev–Trinajstić information content (AvgIpc) is 2.83. The van der Waals surface area contributed by atoms with Crippen LogP contribution in [0.25, 0.3) is 10.9 Å². The molecular formula is C25H28FN3O3. The first-order chi connectivity index (χ1) is 15.5. The molecule has 1 aromatic heterocycles. The maximum Gasteiger partial charge on any atom is 0.257 e. The van der Waals surface area contributed by atoms with Crippen molar-refractivity contribution in [3.63, 3.8) is 0 Å². The SMILES string of the molecule is COc1ccc(C(C)Nc2c(C(=O)N3CCCCC3)cnc3ccc(F)cc23)cc1OC. The van der Waals surface area contributed by atoms with E-state index in [1.165, 1.54) is 12.1 Å². The van der Waals surface area contributed by atoms with Gasteiger partial charge in [-0.3, -0.25) is 9.78 Å². The third kappa shape index (κ3) is 4.33. The Bertz CT molecular complexity index is 1130. The van der Waals surface area contributed by atoms with Crippen LogP contribution in [-0.2, 0) is 0 Å². The number of amides is 1. The number of pyridine rings is 1. The van der Waals surface area contributed by atoms with E-state index in [2.05, 4.69) is 10.3 Å². The van der Waals surface area contributed by atoms with Crippen LogP contribution in [0.4, 0.5) is 10.1 Å². The predicted octanol–water partition coefficient (Wildman–Crippen LogP) is 5.19. The first-order valence-corrected chi connectivity index (χ1v) is 10.9. The second kappa shape index (κ2) is 9.42. The van der Waals surface area contributed by atoms with Crippen molar-refractivity contribution in [1.29, 1.82) is 0 Å². The van der Waals surface area contributed by atoms with Crippen LogP contribution in [0.3, 0.4) is 0 Å². The van der Waals surface area contributed by atoms with Crippen LogP contribution < -0.4 is 14.8 Å². The number of nitrogens with zero attached hydrogens (tertiary/aromatic N) is 2. The summed E-state index contributed by atoms with van der Waals surface area (Å²) in [6.07, 6.45) is 4.71. The topological polar surface area (TPSA) is 63.7 Å². The molecule has 32 heavy (non-hydrogen) atoms. The quantitative estimate of drug-likeness (QED) is 0.575. The molecule has 2 heterocycles. The summed E-state index contributed by atoms with van der Waals surface area (Å²) < 4.78 is 24.9. The number of hydrogen-bond donors (Lipinski definition) is 1. The van der Waals surface area contributed by atoms with Crippen LogP contribution in [0.15, 0.2) is 42.6 Å². The molecule has 0 spiro atoms. The van der Waals surface area contributed by atoms with E-state index in [0.29, 0.717) is 33.7 Å². The molecule has 1 saturated heterocycles. The number of likely N-dealkylation sites (tertiary alicyclic amines) is 1. The molecule has 1 aliphatic heterocycles. The van der Waals surface area contributed by atoms with Gasteiger partial charge in [0.1, 0.15) is 5.82 Å². The van der Waals surface area contributed by atoms with Crippen molar-refractivity contribution >= 4 is 22.5 Å². The molecule has 1 atom stereocenters. The highest BCUT2D eigenvalue weighted by Crippen LogP contribution is 2.34. The van der Waals surface area contributed by atoms with E-state index in [9.17, 15) is 9.18 Å². The van der Waals surface area contributed by atoms with Crippen molar-refractivity contribution in [3.05, 3.63) is 59.5 Å². The Labute approximate surface area is 187 Å². The predicted molar refractivity (Wildman–Crippen MR) is 123 cm³/mol. The number of nitrogens with one attached hydrogen (secondary N) is 1. The summed E-state index contributed by atoms with van der Waals surface area (Å²) in [6, 6.07) is 9.93. The van der Waals surface area contributed by atoms with Gasteiger partial charge in [-0.25, -0.2) is 4.39 Å². The van der Waals surface area contributed by atoms with Gasteiger partial charge >= 0.3 is 0 Å². The van der Waals surface area contributed by atoms with Crippen LogP contribution >= 0.6 is 0 Å². The van der Waals surface area contributed by atoms with Crippen molar-refractivity contribution in [3.8, 4) is 11.5 Å². The number of piperidine rings is 1. The van der Waals surface area contributed by atoms with E-state index in [-0.39, 0.29) is 17.8 Å². The Morgan fingerprint density at radius 2 is 1.81 bits per heavy atom. The molecule has 1 unspecified atom stereocenters. The van der Waals surface area contributed by atoms with Crippen LogP contribution in [-0.4, -0.2) is 43.1 Å². The molecule has 1 amide bonds. The van der Waals surface area contributed by atoms with E-state index in [0.717, 1.165) is 37.9 Å². The second-order valence-corrected chi connectivity index (χ2v) is 8.04. The average molecular weight is 438 g/mol. The van der Waals surface area contributed by atoms with Crippen LogP contribution in [0, 0.1) is 5.82 Å². The van der Waals surface area contributed by atoms with Gasteiger partial charge in [0, 0.05) is 30.7 Å². The minimum Gasteiger partial charge on any atom is -0.493 e. The fourth-order valence-corrected chi connectivity index (χ4v) is 4.17. The largest absolute Gasteiger partial charge is 0.493 e. The van der Waals surface area contributed by atoms with Crippen molar-refractivity contribution in [2.45, 2.75) is 32.2 Å². The molecular weight excluding hydrogens is 409 g/mol. The number of methoxy groups -OCH3 is 2. The lowest BCUT2D eigenvalue weighted by Crippen LogP contribution is -2.36. The summed E-state index contributed by atoms with van der Waals surface area (Å²) >= 11 is 0. The minimum atomic E-state index is -0.372. The fraction of sp³-hybridized carbons (Fsp3) is 0.360. The molecule has 2 aromatic carbocycles. The fourth-order valence-electron chi connectivity index (χ4n) is 4.17. The highest BCUT2D eigenvalue weighted by Gasteiger charge is 2.24. The number of hydrogen-bond acceptors (Lipinski definition) is 5. The van der Waals surface area contributed by atoms with Crippen molar-refractivity contribution in [1.82, 2.24) is 9.88 Å². The molecule has 4 rings (SSSR count). The van der Waals surface area contributed by atoms with E-state index >= 15 is 0 Å². The molecule has 7 heteroatoms. The van der Waals surface area contributed by atoms with E-state index in [1.807, 2.05) is 30.0 Å². The molecule has 1 fully saturated rings. The van der Waals surface area contributed by atoms with Crippen LogP contribution in [0.1, 0.15) is 48.1 Å². The summed E-state index contributed by atoms with van der Waals surface area (Å²) in [5.41, 5.74) is 2.62. The van der Waals surface area contributed by atoms with E-state index in [4.69, 9.17) is 9.47 Å². The standard InChI is InChI=1S/C25H28FN3O3/c1-16(17-7-10-22(31-2)23(13-17)32-3)28-24-19-14-18(26)8-9-21(19)27-15-20(24)25(30)29-11-5-4-6-12-29/h7-10,13-16H,4-6,11-12H2,1-3H3,(H,27,28). The van der Waals surface area contributed by atoms with Crippen molar-refractivity contribution < 1.29 is 18.7 Å². The highest BCUT2D eigenvalue weighted by atomic mass is 19.1. The lowest BCUT2D eigenvalue weighted by atomic mass is 10.0. The van der Waals surface area contributed by atoms with Gasteiger partial charge < -0.3 is 19.7 Å². The molecule has 1 N–H and O–H groups in total. The first kappa shape index (κ1) is 21.9. The molecule has 0 aliphatic carbocycles. The number of anilines is 1. The molecule has 0 bridgehead atoms. The van der Waals surface area contributed by atoms with E-state index in [1.54, 1.807) is 26.5 Å². The maximum atomic E-state index is 14.2. The lowest BCUT2D eigenvalue weighted by molar-refractivity contribution is 0.0725. The molecule has 6 nitrogen and oxygen atoms in total. The van der Waals surface area contributed by atoms with Crippen LogP contribution in [0.5, 0.6) is 11.5 Å². The third-order valence-corrected chi connectivity index (χ3v) is 5.97. The Hall–Kier alpha value is -3.35. The monoisotopic (exact) mass is 437 g/mol. The zero-order chi connectivity index (χ0) is 22.7. The van der Waals surface area contributed by atoms with Gasteiger partial charge in [-0.2, -0.15) is 0 Å². The zero-order valence-electron chi connectivity index (χ0n) is 18.7. The normalized spacial score (nSPS) is 14.8. The number of ether oxygens (including phenoxy) is 2. The highest BCUT2D eigenvalue weighted by molar-refractivity contribution is 6.07. The van der Waals surface area contributed by atoms with Crippen molar-refractivity contribution in [2.24, 2.45) is 0 Å². The summed E-state index contributed by atoms with van der Waals surface area (Å²) in [5, 5.41) is 4.04. The summed E-state index contributed by atoms with van der Waals surface area (Å²) in [5.74, 6) is 0.809. The van der Waals surface area contributed by atoms with Gasteiger partial charge in [-0.1, -0.05) is 6.07 Å².